The van der Waals surface area contributed by atoms with E-state index in [1.165, 1.54) is 24.4 Å². The first-order valence-corrected chi connectivity index (χ1v) is 9.09. The Morgan fingerprint density at radius 3 is 2.62 bits per heavy atom. The Hall–Kier alpha value is -1.92. The van der Waals surface area contributed by atoms with E-state index in [0.29, 0.717) is 5.56 Å². The third-order valence-corrected chi connectivity index (χ3v) is 5.18. The molecule has 1 amide bonds. The van der Waals surface area contributed by atoms with Crippen molar-refractivity contribution in [1.82, 2.24) is 14.6 Å². The first kappa shape index (κ1) is 16.9. The van der Waals surface area contributed by atoms with Gasteiger partial charge in [-0.3, -0.25) is 4.79 Å². The van der Waals surface area contributed by atoms with Crippen molar-refractivity contribution in [1.29, 1.82) is 0 Å². The zero-order valence-corrected chi connectivity index (χ0v) is 14.9. The van der Waals surface area contributed by atoms with Crippen LogP contribution >= 0.6 is 11.5 Å². The van der Waals surface area contributed by atoms with Gasteiger partial charge in [0.1, 0.15) is 5.75 Å². The number of methoxy groups -OCH3 is 1. The van der Waals surface area contributed by atoms with E-state index in [2.05, 4.69) is 14.6 Å². The molecule has 6 heteroatoms. The van der Waals surface area contributed by atoms with Crippen molar-refractivity contribution in [3.63, 3.8) is 0 Å². The molecule has 0 saturated carbocycles. The van der Waals surface area contributed by atoms with Crippen molar-refractivity contribution < 1.29 is 9.53 Å². The molecule has 1 aliphatic rings. The monoisotopic (exact) mass is 345 g/mol. The van der Waals surface area contributed by atoms with Crippen molar-refractivity contribution >= 4 is 17.4 Å². The molecule has 1 atom stereocenters. The number of nitrogens with zero attached hydrogens (tertiary/aromatic N) is 2. The number of benzene rings is 1. The van der Waals surface area contributed by atoms with Gasteiger partial charge in [-0.1, -0.05) is 12.1 Å². The highest BCUT2D eigenvalue weighted by atomic mass is 32.1. The first-order chi connectivity index (χ1) is 11.7. The average molecular weight is 345 g/mol. The maximum absolute atomic E-state index is 12.6. The Kier molecular flexibility index (Phi) is 5.48. The van der Waals surface area contributed by atoms with E-state index in [9.17, 15) is 4.79 Å². The summed E-state index contributed by atoms with van der Waals surface area (Å²) in [5.74, 6) is 0.768. The molecular formula is C18H23N3O2S. The van der Waals surface area contributed by atoms with Gasteiger partial charge in [0.2, 0.25) is 0 Å². The number of amides is 1. The lowest BCUT2D eigenvalue weighted by Gasteiger charge is -2.25. The molecule has 24 heavy (non-hydrogen) atoms. The largest absolute Gasteiger partial charge is 0.497 e. The SMILES string of the molecule is COc1ccc(C(CN2CCCC2)NC(=O)c2csnc2C)cc1. The van der Waals surface area contributed by atoms with Crippen molar-refractivity contribution in [3.05, 3.63) is 46.5 Å². The van der Waals surface area contributed by atoms with Crippen molar-refractivity contribution in [2.24, 2.45) is 0 Å². The number of rotatable bonds is 6. The molecule has 1 saturated heterocycles. The molecule has 3 rings (SSSR count). The maximum atomic E-state index is 12.6. The molecule has 1 N–H and O–H groups in total. The van der Waals surface area contributed by atoms with Crippen LogP contribution < -0.4 is 10.1 Å². The highest BCUT2D eigenvalue weighted by Crippen LogP contribution is 2.22. The summed E-state index contributed by atoms with van der Waals surface area (Å²) >= 11 is 1.32. The molecule has 0 bridgehead atoms. The number of aromatic nitrogens is 1. The molecule has 128 valence electrons. The number of hydrogen-bond acceptors (Lipinski definition) is 5. The fourth-order valence-electron chi connectivity index (χ4n) is 3.04. The Labute approximate surface area is 146 Å². The van der Waals surface area contributed by atoms with E-state index in [0.717, 1.165) is 36.6 Å². The van der Waals surface area contributed by atoms with Crippen LogP contribution in [0.15, 0.2) is 29.6 Å². The minimum Gasteiger partial charge on any atom is -0.497 e. The number of likely N-dealkylation sites (tertiary alicyclic amines) is 1. The van der Waals surface area contributed by atoms with Crippen LogP contribution in [-0.4, -0.2) is 41.9 Å². The first-order valence-electron chi connectivity index (χ1n) is 8.25. The van der Waals surface area contributed by atoms with Crippen LogP contribution in [0.4, 0.5) is 0 Å². The molecule has 5 nitrogen and oxygen atoms in total. The van der Waals surface area contributed by atoms with Gasteiger partial charge >= 0.3 is 0 Å². The molecule has 2 aromatic rings. The lowest BCUT2D eigenvalue weighted by atomic mass is 10.1. The van der Waals surface area contributed by atoms with E-state index < -0.39 is 0 Å². The zero-order valence-electron chi connectivity index (χ0n) is 14.1. The van der Waals surface area contributed by atoms with Crippen molar-refractivity contribution in [3.8, 4) is 5.75 Å². The standard InChI is InChI=1S/C18H23N3O2S/c1-13-16(12-24-20-13)18(22)19-17(11-21-9-3-4-10-21)14-5-7-15(23-2)8-6-14/h5-8,12,17H,3-4,9-11H2,1-2H3,(H,19,22). The topological polar surface area (TPSA) is 54.5 Å². The summed E-state index contributed by atoms with van der Waals surface area (Å²) in [6.45, 7) is 4.89. The van der Waals surface area contributed by atoms with Gasteiger partial charge in [-0.15, -0.1) is 0 Å². The molecule has 2 heterocycles. The molecular weight excluding hydrogens is 322 g/mol. The predicted octanol–water partition coefficient (Wildman–Crippen LogP) is 3.03. The minimum absolute atomic E-state index is 0.0409. The number of carbonyl (C=O) groups is 1. The van der Waals surface area contributed by atoms with Crippen molar-refractivity contribution in [2.45, 2.75) is 25.8 Å². The number of carbonyl (C=O) groups excluding carboxylic acids is 1. The average Bonchev–Trinajstić information content (AvgIpc) is 3.26. The van der Waals surface area contributed by atoms with Gasteiger partial charge in [-0.05, 0) is 62.1 Å². The van der Waals surface area contributed by atoms with Crippen LogP contribution in [0.5, 0.6) is 5.75 Å². The summed E-state index contributed by atoms with van der Waals surface area (Å²) in [4.78, 5) is 15.0. The molecule has 0 radical (unpaired) electrons. The minimum atomic E-state index is -0.0544. The van der Waals surface area contributed by atoms with Gasteiger partial charge in [0.25, 0.3) is 5.91 Å². The number of ether oxygens (including phenoxy) is 1. The fraction of sp³-hybridized carbons (Fsp3) is 0.444. The van der Waals surface area contributed by atoms with Crippen LogP contribution in [0.1, 0.15) is 40.5 Å². The smallest absolute Gasteiger partial charge is 0.254 e. The zero-order chi connectivity index (χ0) is 16.9. The molecule has 1 aromatic carbocycles. The van der Waals surface area contributed by atoms with Crippen molar-refractivity contribution in [2.75, 3.05) is 26.7 Å². The lowest BCUT2D eigenvalue weighted by Crippen LogP contribution is -2.37. The Morgan fingerprint density at radius 2 is 2.04 bits per heavy atom. The van der Waals surface area contributed by atoms with Gasteiger partial charge < -0.3 is 15.0 Å². The molecule has 0 aliphatic carbocycles. The van der Waals surface area contributed by atoms with Crippen LogP contribution in [0.25, 0.3) is 0 Å². The quantitative estimate of drug-likeness (QED) is 0.874. The summed E-state index contributed by atoms with van der Waals surface area (Å²) < 4.78 is 9.43. The summed E-state index contributed by atoms with van der Waals surface area (Å²) in [5.41, 5.74) is 2.55. The second kappa shape index (κ2) is 7.77. The Balaban J connectivity index is 1.77. The Morgan fingerprint density at radius 1 is 1.33 bits per heavy atom. The summed E-state index contributed by atoms with van der Waals surface area (Å²) in [6, 6.07) is 7.89. The third-order valence-electron chi connectivity index (χ3n) is 4.46. The second-order valence-corrected chi connectivity index (χ2v) is 6.75. The molecule has 1 aliphatic heterocycles. The molecule has 1 fully saturated rings. The highest BCUT2D eigenvalue weighted by molar-refractivity contribution is 7.03. The van der Waals surface area contributed by atoms with Gasteiger partial charge in [0, 0.05) is 11.9 Å². The number of aryl methyl sites for hydroxylation is 1. The molecule has 0 spiro atoms. The van der Waals surface area contributed by atoms with Crippen LogP contribution in [0.3, 0.4) is 0 Å². The van der Waals surface area contributed by atoms with E-state index in [4.69, 9.17) is 4.74 Å². The van der Waals surface area contributed by atoms with E-state index in [-0.39, 0.29) is 11.9 Å². The normalized spacial score (nSPS) is 16.1. The maximum Gasteiger partial charge on any atom is 0.254 e. The van der Waals surface area contributed by atoms with E-state index in [1.807, 2.05) is 36.6 Å². The third kappa shape index (κ3) is 3.94. The molecule has 1 unspecified atom stereocenters. The highest BCUT2D eigenvalue weighted by Gasteiger charge is 2.22. The predicted molar refractivity (Wildman–Crippen MR) is 95.7 cm³/mol. The summed E-state index contributed by atoms with van der Waals surface area (Å²) in [6.07, 6.45) is 2.47. The Bertz CT molecular complexity index is 678. The van der Waals surface area contributed by atoms with E-state index >= 15 is 0 Å². The second-order valence-electron chi connectivity index (χ2n) is 6.12. The van der Waals surface area contributed by atoms with Crippen LogP contribution in [-0.2, 0) is 0 Å². The summed E-state index contributed by atoms with van der Waals surface area (Å²) in [5, 5.41) is 5.00. The summed E-state index contributed by atoms with van der Waals surface area (Å²) in [7, 11) is 1.66. The fourth-order valence-corrected chi connectivity index (χ4v) is 3.73. The van der Waals surface area contributed by atoms with E-state index in [1.54, 1.807) is 7.11 Å². The van der Waals surface area contributed by atoms with Gasteiger partial charge in [-0.25, -0.2) is 0 Å². The van der Waals surface area contributed by atoms with Gasteiger partial charge in [-0.2, -0.15) is 4.37 Å². The van der Waals surface area contributed by atoms with Gasteiger partial charge in [0.05, 0.1) is 24.4 Å². The van der Waals surface area contributed by atoms with Crippen LogP contribution in [0.2, 0.25) is 0 Å². The van der Waals surface area contributed by atoms with Crippen LogP contribution in [0, 0.1) is 6.92 Å². The number of hydrogen-bond donors (Lipinski definition) is 1. The van der Waals surface area contributed by atoms with Gasteiger partial charge in [0.15, 0.2) is 0 Å². The lowest BCUT2D eigenvalue weighted by molar-refractivity contribution is 0.0927. The number of nitrogens with one attached hydrogen (secondary N) is 1. The molecule has 1 aromatic heterocycles.